The van der Waals surface area contributed by atoms with Gasteiger partial charge in [0.1, 0.15) is 18.2 Å². The third-order valence-corrected chi connectivity index (χ3v) is 5.28. The molecule has 0 aliphatic heterocycles. The van der Waals surface area contributed by atoms with E-state index in [1.807, 2.05) is 31.2 Å². The minimum atomic E-state index is -0.618. The highest BCUT2D eigenvalue weighted by atomic mass is 35.5. The molecule has 1 aliphatic carbocycles. The van der Waals surface area contributed by atoms with Gasteiger partial charge in [-0.25, -0.2) is 4.39 Å². The van der Waals surface area contributed by atoms with Gasteiger partial charge in [0.2, 0.25) is 5.91 Å². The van der Waals surface area contributed by atoms with Crippen molar-refractivity contribution >= 4 is 35.0 Å². The second-order valence-electron chi connectivity index (χ2n) is 7.65. The summed E-state index contributed by atoms with van der Waals surface area (Å²) in [5.74, 6) is -1.03. The zero-order valence-corrected chi connectivity index (χ0v) is 18.9. The highest BCUT2D eigenvalue weighted by Gasteiger charge is 2.34. The van der Waals surface area contributed by atoms with Crippen LogP contribution in [0.3, 0.4) is 0 Å². The highest BCUT2D eigenvalue weighted by Crippen LogP contribution is 2.28. The Morgan fingerprint density at radius 1 is 1.09 bits per heavy atom. The lowest BCUT2D eigenvalue weighted by Crippen LogP contribution is -2.53. The number of carbonyl (C=O) groups excluding carboxylic acids is 2. The molecule has 0 saturated carbocycles. The molecule has 3 rings (SSSR count). The molecule has 2 aromatic rings. The van der Waals surface area contributed by atoms with E-state index in [9.17, 15) is 14.0 Å². The second-order valence-corrected chi connectivity index (χ2v) is 8.50. The monoisotopic (exact) mass is 480 g/mol. The Bertz CT molecular complexity index is 1010. The van der Waals surface area contributed by atoms with Crippen molar-refractivity contribution in [2.24, 2.45) is 0 Å². The first-order valence-corrected chi connectivity index (χ1v) is 10.7. The molecule has 2 aromatic carbocycles. The molecule has 0 saturated heterocycles. The molecular weight excluding hydrogens is 458 g/mol. The number of hydrogen-bond donors (Lipinski definition) is 2. The number of benzene rings is 2. The van der Waals surface area contributed by atoms with Gasteiger partial charge in [0, 0.05) is 23.2 Å². The van der Waals surface area contributed by atoms with E-state index in [2.05, 4.69) is 10.6 Å². The molecule has 2 amide bonds. The molecule has 1 unspecified atom stereocenters. The highest BCUT2D eigenvalue weighted by molar-refractivity contribution is 6.30. The average molecular weight is 481 g/mol. The minimum Gasteiger partial charge on any atom is -0.484 e. The number of nitrogens with one attached hydrogen (secondary N) is 2. The van der Waals surface area contributed by atoms with E-state index < -0.39 is 11.4 Å². The van der Waals surface area contributed by atoms with Gasteiger partial charge < -0.3 is 20.1 Å². The Labute approximate surface area is 195 Å². The van der Waals surface area contributed by atoms with Crippen molar-refractivity contribution in [3.8, 4) is 5.75 Å². The normalized spacial score (nSPS) is 17.2. The topological polar surface area (TPSA) is 76.7 Å². The Morgan fingerprint density at radius 3 is 2.50 bits per heavy atom. The quantitative estimate of drug-likeness (QED) is 0.503. The van der Waals surface area contributed by atoms with Gasteiger partial charge >= 0.3 is 0 Å². The molecule has 0 spiro atoms. The average Bonchev–Trinajstić information content (AvgIpc) is 2.72. The second kappa shape index (κ2) is 10.8. The van der Waals surface area contributed by atoms with Gasteiger partial charge in [-0.05, 0) is 49.2 Å². The van der Waals surface area contributed by atoms with Crippen molar-refractivity contribution < 1.29 is 23.5 Å². The van der Waals surface area contributed by atoms with Crippen LogP contribution in [0.2, 0.25) is 10.0 Å². The van der Waals surface area contributed by atoms with Gasteiger partial charge in [-0.2, -0.15) is 0 Å². The van der Waals surface area contributed by atoms with Crippen molar-refractivity contribution in [3.63, 3.8) is 0 Å². The van der Waals surface area contributed by atoms with Crippen LogP contribution in [0.1, 0.15) is 18.9 Å². The summed E-state index contributed by atoms with van der Waals surface area (Å²) in [6.07, 6.45) is 2.91. The molecule has 32 heavy (non-hydrogen) atoms. The van der Waals surface area contributed by atoms with Crippen LogP contribution in [0.25, 0.3) is 0 Å². The number of halogens is 3. The lowest BCUT2D eigenvalue weighted by atomic mass is 9.84. The first kappa shape index (κ1) is 24.0. The van der Waals surface area contributed by atoms with E-state index in [0.29, 0.717) is 30.2 Å². The Hall–Kier alpha value is -2.61. The fourth-order valence-corrected chi connectivity index (χ4v) is 3.45. The van der Waals surface area contributed by atoms with Crippen molar-refractivity contribution in [3.05, 3.63) is 75.7 Å². The summed E-state index contributed by atoms with van der Waals surface area (Å²) in [5, 5.41) is 6.24. The van der Waals surface area contributed by atoms with E-state index in [4.69, 9.17) is 32.7 Å². The molecule has 0 heterocycles. The summed E-state index contributed by atoms with van der Waals surface area (Å²) >= 11 is 11.5. The molecule has 9 heteroatoms. The Kier molecular flexibility index (Phi) is 8.12. The van der Waals surface area contributed by atoms with Crippen LogP contribution in [0, 0.1) is 5.82 Å². The van der Waals surface area contributed by atoms with E-state index >= 15 is 0 Å². The number of hydrogen-bond acceptors (Lipinski definition) is 4. The first-order valence-electron chi connectivity index (χ1n) is 9.95. The van der Waals surface area contributed by atoms with Crippen LogP contribution in [0.5, 0.6) is 5.75 Å². The maximum Gasteiger partial charge on any atom is 0.258 e. The number of rotatable bonds is 10. The zero-order valence-electron chi connectivity index (χ0n) is 17.4. The lowest BCUT2D eigenvalue weighted by molar-refractivity contribution is -0.125. The van der Waals surface area contributed by atoms with Gasteiger partial charge in [0.05, 0.1) is 17.2 Å². The predicted molar refractivity (Wildman–Crippen MR) is 120 cm³/mol. The largest absolute Gasteiger partial charge is 0.484 e. The van der Waals surface area contributed by atoms with Gasteiger partial charge in [-0.15, -0.1) is 0 Å². The third kappa shape index (κ3) is 7.22. The van der Waals surface area contributed by atoms with E-state index in [1.165, 1.54) is 12.1 Å². The third-order valence-electron chi connectivity index (χ3n) is 4.72. The molecule has 0 bridgehead atoms. The SMILES string of the molecule is CC1(NC(=O)COc2ccc(Cl)c(F)c2)C=C(NC(=O)COCCc2ccc(Cl)cc2)C1. The van der Waals surface area contributed by atoms with Crippen molar-refractivity contribution in [1.29, 1.82) is 0 Å². The van der Waals surface area contributed by atoms with Crippen molar-refractivity contribution in [1.82, 2.24) is 10.6 Å². The molecule has 1 aliphatic rings. The lowest BCUT2D eigenvalue weighted by Gasteiger charge is -2.37. The zero-order chi connectivity index (χ0) is 23.1. The fourth-order valence-electron chi connectivity index (χ4n) is 3.20. The smallest absolute Gasteiger partial charge is 0.258 e. The van der Waals surface area contributed by atoms with Gasteiger partial charge in [0.15, 0.2) is 6.61 Å². The fraction of sp³-hybridized carbons (Fsp3) is 0.304. The molecule has 2 N–H and O–H groups in total. The summed E-state index contributed by atoms with van der Waals surface area (Å²) in [5.41, 5.74) is 1.19. The Morgan fingerprint density at radius 2 is 1.81 bits per heavy atom. The van der Waals surface area contributed by atoms with E-state index in [1.54, 1.807) is 6.08 Å². The van der Waals surface area contributed by atoms with Crippen LogP contribution in [-0.4, -0.2) is 37.2 Å². The summed E-state index contributed by atoms with van der Waals surface area (Å²) in [7, 11) is 0. The first-order chi connectivity index (χ1) is 15.2. The molecular formula is C23H23Cl2FN2O4. The molecule has 6 nitrogen and oxygen atoms in total. The molecule has 0 fully saturated rings. The molecule has 0 radical (unpaired) electrons. The Balaban J connectivity index is 1.33. The van der Waals surface area contributed by atoms with Gasteiger partial charge in [0.25, 0.3) is 5.91 Å². The van der Waals surface area contributed by atoms with Gasteiger partial charge in [-0.1, -0.05) is 35.3 Å². The van der Waals surface area contributed by atoms with Crippen molar-refractivity contribution in [2.45, 2.75) is 25.3 Å². The van der Waals surface area contributed by atoms with Crippen LogP contribution < -0.4 is 15.4 Å². The number of ether oxygens (including phenoxy) is 2. The molecule has 0 aromatic heterocycles. The number of amides is 2. The van der Waals surface area contributed by atoms with Crippen LogP contribution in [0.15, 0.2) is 54.2 Å². The van der Waals surface area contributed by atoms with Crippen LogP contribution in [-0.2, 0) is 20.7 Å². The maximum atomic E-state index is 13.4. The standard InChI is InChI=1S/C23H23Cl2FN2O4/c1-23(28-22(30)14-32-18-6-7-19(25)20(26)10-18)11-17(12-23)27-21(29)13-31-9-8-15-2-4-16(24)5-3-15/h2-7,10-11H,8-9,12-14H2,1H3,(H,27,29)(H,28,30). The molecule has 170 valence electrons. The maximum absolute atomic E-state index is 13.4. The number of carbonyl (C=O) groups is 2. The van der Waals surface area contributed by atoms with Crippen molar-refractivity contribution in [2.75, 3.05) is 19.8 Å². The summed E-state index contributed by atoms with van der Waals surface area (Å²) in [6.45, 7) is 1.91. The van der Waals surface area contributed by atoms with E-state index in [-0.39, 0.29) is 35.8 Å². The summed E-state index contributed by atoms with van der Waals surface area (Å²) < 4.78 is 24.1. The molecule has 1 atom stereocenters. The summed E-state index contributed by atoms with van der Waals surface area (Å²) in [6, 6.07) is 11.4. The summed E-state index contributed by atoms with van der Waals surface area (Å²) in [4.78, 5) is 24.1. The van der Waals surface area contributed by atoms with E-state index in [0.717, 1.165) is 11.6 Å². The van der Waals surface area contributed by atoms with Gasteiger partial charge in [-0.3, -0.25) is 9.59 Å². The minimum absolute atomic E-state index is 0.0181. The van der Waals surface area contributed by atoms with Crippen LogP contribution >= 0.6 is 23.2 Å². The van der Waals surface area contributed by atoms with Crippen LogP contribution in [0.4, 0.5) is 4.39 Å². The predicted octanol–water partition coefficient (Wildman–Crippen LogP) is 4.05.